The van der Waals surface area contributed by atoms with Crippen LogP contribution in [0.3, 0.4) is 0 Å². The molecule has 2 saturated heterocycles. The molecule has 3 atom stereocenters. The Hall–Kier alpha value is -0.120. The molecular formula is C12H23NO2. The molecule has 3 nitrogen and oxygen atoms in total. The highest BCUT2D eigenvalue weighted by Crippen LogP contribution is 2.39. The minimum Gasteiger partial charge on any atom is -0.378 e. The average molecular weight is 213 g/mol. The molecule has 2 aliphatic rings. The lowest BCUT2D eigenvalue weighted by Gasteiger charge is -2.31. The summed E-state index contributed by atoms with van der Waals surface area (Å²) in [5.41, 5.74) is 6.15. The first-order valence-corrected chi connectivity index (χ1v) is 6.20. The summed E-state index contributed by atoms with van der Waals surface area (Å²) in [5, 5.41) is 0. The van der Waals surface area contributed by atoms with Crippen LogP contribution in [-0.2, 0) is 9.47 Å². The van der Waals surface area contributed by atoms with Crippen LogP contribution in [-0.4, -0.2) is 32.0 Å². The highest BCUT2D eigenvalue weighted by Gasteiger charge is 2.40. The molecule has 0 aromatic carbocycles. The van der Waals surface area contributed by atoms with Crippen molar-refractivity contribution in [2.24, 2.45) is 11.1 Å². The van der Waals surface area contributed by atoms with Crippen LogP contribution in [0.2, 0.25) is 0 Å². The van der Waals surface area contributed by atoms with Crippen LogP contribution in [0.15, 0.2) is 0 Å². The van der Waals surface area contributed by atoms with Crippen molar-refractivity contribution in [3.05, 3.63) is 0 Å². The largest absolute Gasteiger partial charge is 0.378 e. The van der Waals surface area contributed by atoms with E-state index in [1.807, 2.05) is 0 Å². The molecule has 2 heterocycles. The summed E-state index contributed by atoms with van der Waals surface area (Å²) in [6.45, 7) is 4.74. The average Bonchev–Trinajstić information content (AvgIpc) is 2.85. The van der Waals surface area contributed by atoms with Gasteiger partial charge < -0.3 is 15.2 Å². The molecule has 0 radical (unpaired) electrons. The van der Waals surface area contributed by atoms with E-state index in [2.05, 4.69) is 6.92 Å². The Morgan fingerprint density at radius 3 is 2.73 bits per heavy atom. The first kappa shape index (κ1) is 11.4. The molecule has 3 unspecified atom stereocenters. The summed E-state index contributed by atoms with van der Waals surface area (Å²) in [6, 6.07) is 0. The van der Waals surface area contributed by atoms with Crippen molar-refractivity contribution in [3.63, 3.8) is 0 Å². The number of hydrogen-bond donors (Lipinski definition) is 1. The summed E-state index contributed by atoms with van der Waals surface area (Å²) in [6.07, 6.45) is 6.71. The molecule has 0 amide bonds. The number of rotatable bonds is 4. The molecule has 15 heavy (non-hydrogen) atoms. The van der Waals surface area contributed by atoms with E-state index in [1.54, 1.807) is 0 Å². The van der Waals surface area contributed by atoms with Crippen LogP contribution in [0.1, 0.15) is 39.0 Å². The van der Waals surface area contributed by atoms with Crippen LogP contribution in [0, 0.1) is 5.41 Å². The minimum absolute atomic E-state index is 0.228. The van der Waals surface area contributed by atoms with Gasteiger partial charge in [-0.05, 0) is 39.0 Å². The Balaban J connectivity index is 1.84. The molecule has 2 aliphatic heterocycles. The van der Waals surface area contributed by atoms with Crippen molar-refractivity contribution in [1.29, 1.82) is 0 Å². The van der Waals surface area contributed by atoms with Gasteiger partial charge in [-0.1, -0.05) is 0 Å². The maximum Gasteiger partial charge on any atom is 0.0616 e. The van der Waals surface area contributed by atoms with Crippen molar-refractivity contribution in [1.82, 2.24) is 0 Å². The first-order valence-electron chi connectivity index (χ1n) is 6.20. The molecule has 2 rings (SSSR count). The quantitative estimate of drug-likeness (QED) is 0.773. The maximum atomic E-state index is 5.92. The Morgan fingerprint density at radius 2 is 2.20 bits per heavy atom. The third kappa shape index (κ3) is 2.35. The summed E-state index contributed by atoms with van der Waals surface area (Å²) >= 11 is 0. The van der Waals surface area contributed by atoms with Gasteiger partial charge in [-0.3, -0.25) is 0 Å². The van der Waals surface area contributed by atoms with Crippen molar-refractivity contribution in [2.75, 3.05) is 19.8 Å². The van der Waals surface area contributed by atoms with Crippen molar-refractivity contribution in [2.45, 2.75) is 51.2 Å². The zero-order valence-corrected chi connectivity index (χ0v) is 9.71. The summed E-state index contributed by atoms with van der Waals surface area (Å²) in [4.78, 5) is 0. The predicted molar refractivity (Wildman–Crippen MR) is 59.7 cm³/mol. The van der Waals surface area contributed by atoms with Crippen molar-refractivity contribution >= 4 is 0 Å². The first-order chi connectivity index (χ1) is 7.27. The number of ether oxygens (including phenoxy) is 2. The summed E-state index contributed by atoms with van der Waals surface area (Å²) < 4.78 is 11.3. The Morgan fingerprint density at radius 1 is 1.33 bits per heavy atom. The monoisotopic (exact) mass is 213 g/mol. The highest BCUT2D eigenvalue weighted by molar-refractivity contribution is 4.91. The third-order valence-corrected chi connectivity index (χ3v) is 4.22. The van der Waals surface area contributed by atoms with E-state index >= 15 is 0 Å². The third-order valence-electron chi connectivity index (χ3n) is 4.22. The Bertz CT molecular complexity index is 204. The minimum atomic E-state index is 0.228. The lowest BCUT2D eigenvalue weighted by atomic mass is 9.77. The second kappa shape index (κ2) is 4.81. The van der Waals surface area contributed by atoms with E-state index in [-0.39, 0.29) is 5.41 Å². The molecule has 3 heteroatoms. The molecular weight excluding hydrogens is 190 g/mol. The van der Waals surface area contributed by atoms with Crippen LogP contribution in [0.25, 0.3) is 0 Å². The SMILES string of the molecule is CC1OCCC1(CN)CCC1CCCO1. The number of nitrogens with two attached hydrogens (primary N) is 1. The van der Waals surface area contributed by atoms with E-state index in [1.165, 1.54) is 12.8 Å². The molecule has 88 valence electrons. The van der Waals surface area contributed by atoms with Crippen LogP contribution in [0.5, 0.6) is 0 Å². The predicted octanol–water partition coefficient (Wildman–Crippen LogP) is 1.70. The Kier molecular flexibility index (Phi) is 3.65. The standard InChI is InChI=1S/C12H23NO2/c1-10-12(9-13,6-8-14-10)5-4-11-3-2-7-15-11/h10-11H,2-9,13H2,1H3. The smallest absolute Gasteiger partial charge is 0.0616 e. The second-order valence-electron chi connectivity index (χ2n) is 5.00. The fraction of sp³-hybridized carbons (Fsp3) is 1.00. The van der Waals surface area contributed by atoms with Gasteiger partial charge in [0, 0.05) is 25.2 Å². The van der Waals surface area contributed by atoms with Crippen molar-refractivity contribution < 1.29 is 9.47 Å². The second-order valence-corrected chi connectivity index (χ2v) is 5.00. The fourth-order valence-corrected chi connectivity index (χ4v) is 2.84. The van der Waals surface area contributed by atoms with E-state index in [0.717, 1.165) is 39.0 Å². The summed E-state index contributed by atoms with van der Waals surface area (Å²) in [7, 11) is 0. The van der Waals surface area contributed by atoms with Gasteiger partial charge in [-0.15, -0.1) is 0 Å². The lowest BCUT2D eigenvalue weighted by Crippen LogP contribution is -2.37. The number of hydrogen-bond acceptors (Lipinski definition) is 3. The van der Waals surface area contributed by atoms with E-state index in [4.69, 9.17) is 15.2 Å². The van der Waals surface area contributed by atoms with Gasteiger partial charge in [0.25, 0.3) is 0 Å². The molecule has 0 spiro atoms. The summed E-state index contributed by atoms with van der Waals surface area (Å²) in [5.74, 6) is 0. The van der Waals surface area contributed by atoms with Gasteiger partial charge in [0.15, 0.2) is 0 Å². The Labute approximate surface area is 92.3 Å². The lowest BCUT2D eigenvalue weighted by molar-refractivity contribution is 0.0449. The van der Waals surface area contributed by atoms with Gasteiger partial charge in [-0.25, -0.2) is 0 Å². The zero-order valence-electron chi connectivity index (χ0n) is 9.71. The van der Waals surface area contributed by atoms with Crippen molar-refractivity contribution in [3.8, 4) is 0 Å². The molecule has 0 aromatic heterocycles. The van der Waals surface area contributed by atoms with Gasteiger partial charge >= 0.3 is 0 Å². The van der Waals surface area contributed by atoms with Gasteiger partial charge in [-0.2, -0.15) is 0 Å². The van der Waals surface area contributed by atoms with Crippen LogP contribution >= 0.6 is 0 Å². The highest BCUT2D eigenvalue weighted by atomic mass is 16.5. The van der Waals surface area contributed by atoms with Crippen LogP contribution < -0.4 is 5.73 Å². The van der Waals surface area contributed by atoms with E-state index < -0.39 is 0 Å². The van der Waals surface area contributed by atoms with E-state index in [9.17, 15) is 0 Å². The molecule has 0 saturated carbocycles. The van der Waals surface area contributed by atoms with Gasteiger partial charge in [0.05, 0.1) is 12.2 Å². The normalized spacial score (nSPS) is 41.2. The molecule has 0 aromatic rings. The zero-order chi connectivity index (χ0) is 10.7. The van der Waals surface area contributed by atoms with Gasteiger partial charge in [0.1, 0.15) is 0 Å². The molecule has 2 N–H and O–H groups in total. The molecule has 0 bridgehead atoms. The topological polar surface area (TPSA) is 44.5 Å². The van der Waals surface area contributed by atoms with E-state index in [0.29, 0.717) is 12.2 Å². The van der Waals surface area contributed by atoms with Crippen LogP contribution in [0.4, 0.5) is 0 Å². The van der Waals surface area contributed by atoms with Gasteiger partial charge in [0.2, 0.25) is 0 Å². The molecule has 0 aliphatic carbocycles. The molecule has 2 fully saturated rings. The maximum absolute atomic E-state index is 5.92. The fourth-order valence-electron chi connectivity index (χ4n) is 2.84.